The topological polar surface area (TPSA) is 109 Å². The Morgan fingerprint density at radius 2 is 1.65 bits per heavy atom. The molecule has 5 rings (SSSR count). The van der Waals surface area contributed by atoms with E-state index in [4.69, 9.17) is 11.6 Å². The minimum atomic E-state index is -0.582. The van der Waals surface area contributed by atoms with Crippen LogP contribution < -0.4 is 16.0 Å². The normalized spacial score (nSPS) is 18.6. The average molecular weight is 486 g/mol. The van der Waals surface area contributed by atoms with E-state index in [1.807, 2.05) is 12.4 Å². The van der Waals surface area contributed by atoms with E-state index in [1.165, 1.54) is 15.3 Å². The smallest absolute Gasteiger partial charge is 0.318 e. The van der Waals surface area contributed by atoms with Crippen molar-refractivity contribution in [3.63, 3.8) is 0 Å². The minimum Gasteiger partial charge on any atom is -0.393 e. The first-order valence-electron chi connectivity index (χ1n) is 11.6. The number of hydrogen-bond acceptors (Lipinski definition) is 8. The van der Waals surface area contributed by atoms with Gasteiger partial charge in [0, 0.05) is 70.0 Å². The molecule has 0 radical (unpaired) electrons. The molecule has 3 aromatic rings. The minimum absolute atomic E-state index is 0.137. The van der Waals surface area contributed by atoms with Gasteiger partial charge in [-0.05, 0) is 31.7 Å². The summed E-state index contributed by atoms with van der Waals surface area (Å²) >= 11 is 6.08. The third-order valence-electron chi connectivity index (χ3n) is 6.88. The van der Waals surface area contributed by atoms with Gasteiger partial charge in [0.2, 0.25) is 5.95 Å². The van der Waals surface area contributed by atoms with Gasteiger partial charge in [0.15, 0.2) is 5.65 Å². The van der Waals surface area contributed by atoms with Crippen molar-refractivity contribution in [1.82, 2.24) is 29.0 Å². The van der Waals surface area contributed by atoms with E-state index in [1.54, 1.807) is 13.1 Å². The van der Waals surface area contributed by atoms with Gasteiger partial charge < -0.3 is 14.6 Å². The molecule has 0 aliphatic carbocycles. The first-order chi connectivity index (χ1) is 16.4. The molecular formula is C23H28ClN7O3. The van der Waals surface area contributed by atoms with Crippen LogP contribution in [0.15, 0.2) is 34.2 Å². The van der Waals surface area contributed by atoms with Gasteiger partial charge in [0.1, 0.15) is 0 Å². The highest BCUT2D eigenvalue weighted by Gasteiger charge is 2.26. The quantitative estimate of drug-likeness (QED) is 0.551. The number of piperidine rings is 2. The number of fused-ring (bicyclic) bond motifs is 1. The molecule has 11 heteroatoms. The van der Waals surface area contributed by atoms with Crippen LogP contribution in [0.5, 0.6) is 0 Å². The Labute approximate surface area is 201 Å². The van der Waals surface area contributed by atoms with E-state index in [0.717, 1.165) is 38.0 Å². The van der Waals surface area contributed by atoms with Gasteiger partial charge in [-0.15, -0.1) is 0 Å². The van der Waals surface area contributed by atoms with Crippen LogP contribution in [0.3, 0.4) is 0 Å². The summed E-state index contributed by atoms with van der Waals surface area (Å²) in [6.45, 7) is 3.89. The number of anilines is 1. The van der Waals surface area contributed by atoms with Gasteiger partial charge in [-0.25, -0.2) is 15.0 Å². The fraction of sp³-hybridized carbons (Fsp3) is 0.522. The molecule has 34 heavy (non-hydrogen) atoms. The van der Waals surface area contributed by atoms with E-state index < -0.39 is 11.1 Å². The van der Waals surface area contributed by atoms with Crippen LogP contribution in [0.25, 0.3) is 11.2 Å². The Morgan fingerprint density at radius 1 is 0.971 bits per heavy atom. The number of aliphatic hydroxyl groups is 1. The first-order valence-corrected chi connectivity index (χ1v) is 12.0. The van der Waals surface area contributed by atoms with E-state index in [2.05, 4.69) is 24.8 Å². The maximum atomic E-state index is 12.9. The summed E-state index contributed by atoms with van der Waals surface area (Å²) in [7, 11) is 1.56. The Hall–Kier alpha value is -2.82. The summed E-state index contributed by atoms with van der Waals surface area (Å²) in [4.78, 5) is 43.3. The Balaban J connectivity index is 1.29. The molecule has 2 aliphatic rings. The van der Waals surface area contributed by atoms with Crippen LogP contribution in [-0.4, -0.2) is 66.4 Å². The zero-order valence-corrected chi connectivity index (χ0v) is 19.9. The average Bonchev–Trinajstić information content (AvgIpc) is 2.85. The molecule has 0 atom stereocenters. The molecule has 1 N–H and O–H groups in total. The third-order valence-corrected chi connectivity index (χ3v) is 7.08. The number of pyridine rings is 1. The van der Waals surface area contributed by atoms with Crippen molar-refractivity contribution in [1.29, 1.82) is 0 Å². The van der Waals surface area contributed by atoms with Crippen molar-refractivity contribution < 1.29 is 5.11 Å². The molecule has 0 spiro atoms. The molecule has 10 nitrogen and oxygen atoms in total. The molecule has 0 bridgehead atoms. The maximum Gasteiger partial charge on any atom is 0.318 e. The van der Waals surface area contributed by atoms with E-state index >= 15 is 0 Å². The number of rotatable bonds is 4. The second-order valence-electron chi connectivity index (χ2n) is 9.15. The number of aliphatic hydroxyl groups excluding tert-OH is 1. The Morgan fingerprint density at radius 3 is 2.32 bits per heavy atom. The Bertz CT molecular complexity index is 1290. The predicted octanol–water partition coefficient (Wildman–Crippen LogP) is 1.34. The molecule has 3 aromatic heterocycles. The third kappa shape index (κ3) is 4.45. The largest absolute Gasteiger partial charge is 0.393 e. The lowest BCUT2D eigenvalue weighted by Gasteiger charge is -2.33. The number of hydrogen-bond donors (Lipinski definition) is 1. The van der Waals surface area contributed by atoms with Gasteiger partial charge in [0.05, 0.1) is 16.6 Å². The summed E-state index contributed by atoms with van der Waals surface area (Å²) in [6, 6.07) is 1.53. The fourth-order valence-corrected chi connectivity index (χ4v) is 5.05. The van der Waals surface area contributed by atoms with Crippen LogP contribution in [0.2, 0.25) is 5.02 Å². The van der Waals surface area contributed by atoms with Crippen LogP contribution in [0.1, 0.15) is 37.3 Å². The zero-order chi connectivity index (χ0) is 23.8. The van der Waals surface area contributed by atoms with Gasteiger partial charge in [-0.2, -0.15) is 0 Å². The SMILES string of the molecule is Cn1c(=O)c(=O)n(C2CCN(c3ncc(CN4CCC(O)CC4)cn3)CC2)c2ncc(Cl)cc21. The van der Waals surface area contributed by atoms with Crippen LogP contribution >= 0.6 is 11.6 Å². The van der Waals surface area contributed by atoms with Crippen molar-refractivity contribution >= 4 is 28.7 Å². The van der Waals surface area contributed by atoms with E-state index in [-0.39, 0.29) is 12.1 Å². The first kappa shape index (κ1) is 22.9. The van der Waals surface area contributed by atoms with Gasteiger partial charge >= 0.3 is 11.1 Å². The van der Waals surface area contributed by atoms with Crippen LogP contribution in [0.4, 0.5) is 5.95 Å². The maximum absolute atomic E-state index is 12.9. The predicted molar refractivity (Wildman–Crippen MR) is 129 cm³/mol. The van der Waals surface area contributed by atoms with E-state index in [0.29, 0.717) is 48.1 Å². The van der Waals surface area contributed by atoms with Crippen LogP contribution in [0, 0.1) is 0 Å². The number of nitrogens with zero attached hydrogens (tertiary/aromatic N) is 7. The van der Waals surface area contributed by atoms with Gasteiger partial charge in [-0.3, -0.25) is 19.1 Å². The van der Waals surface area contributed by atoms with Crippen LogP contribution in [-0.2, 0) is 13.6 Å². The number of halogens is 1. The molecule has 0 unspecified atom stereocenters. The second kappa shape index (κ2) is 9.44. The monoisotopic (exact) mass is 485 g/mol. The summed E-state index contributed by atoms with van der Waals surface area (Å²) in [5, 5.41) is 10.1. The lowest BCUT2D eigenvalue weighted by molar-refractivity contribution is 0.0791. The summed E-state index contributed by atoms with van der Waals surface area (Å²) < 4.78 is 2.84. The molecule has 0 amide bonds. The highest BCUT2D eigenvalue weighted by Crippen LogP contribution is 2.26. The van der Waals surface area contributed by atoms with Gasteiger partial charge in [0.25, 0.3) is 0 Å². The van der Waals surface area contributed by atoms with Crippen molar-refractivity contribution in [2.75, 3.05) is 31.1 Å². The number of likely N-dealkylation sites (tertiary alicyclic amines) is 1. The van der Waals surface area contributed by atoms with Crippen molar-refractivity contribution in [3.8, 4) is 0 Å². The zero-order valence-electron chi connectivity index (χ0n) is 19.1. The molecular weight excluding hydrogens is 458 g/mol. The molecule has 2 fully saturated rings. The van der Waals surface area contributed by atoms with Crippen molar-refractivity contribution in [3.05, 3.63) is 56.0 Å². The molecule has 2 aliphatic heterocycles. The lowest BCUT2D eigenvalue weighted by Crippen LogP contribution is -2.45. The summed E-state index contributed by atoms with van der Waals surface area (Å²) in [6.07, 6.45) is 8.02. The number of aromatic nitrogens is 5. The number of aryl methyl sites for hydroxylation is 1. The highest BCUT2D eigenvalue weighted by atomic mass is 35.5. The van der Waals surface area contributed by atoms with E-state index in [9.17, 15) is 14.7 Å². The summed E-state index contributed by atoms with van der Waals surface area (Å²) in [5.74, 6) is 0.669. The highest BCUT2D eigenvalue weighted by molar-refractivity contribution is 6.31. The summed E-state index contributed by atoms with van der Waals surface area (Å²) in [5.41, 5.74) is 0.926. The molecule has 0 saturated carbocycles. The second-order valence-corrected chi connectivity index (χ2v) is 9.59. The van der Waals surface area contributed by atoms with Crippen molar-refractivity contribution in [2.45, 2.75) is 44.4 Å². The molecule has 0 aromatic carbocycles. The molecule has 2 saturated heterocycles. The molecule has 5 heterocycles. The Kier molecular flexibility index (Phi) is 6.37. The van der Waals surface area contributed by atoms with Crippen molar-refractivity contribution in [2.24, 2.45) is 7.05 Å². The standard InChI is InChI=1S/C23H28ClN7O3/c1-28-19-10-16(24)13-25-20(19)31(22(34)21(28)33)17-2-8-30(9-3-17)23-26-11-15(12-27-23)14-29-6-4-18(32)5-7-29/h10-13,17-18,32H,2-9,14H2,1H3. The molecule has 180 valence electrons. The lowest BCUT2D eigenvalue weighted by atomic mass is 10.0. The van der Waals surface area contributed by atoms with Gasteiger partial charge in [-0.1, -0.05) is 11.6 Å². The fourth-order valence-electron chi connectivity index (χ4n) is 4.90.